The zero-order valence-corrected chi connectivity index (χ0v) is 12.9. The van der Waals surface area contributed by atoms with E-state index in [0.717, 1.165) is 11.1 Å². The summed E-state index contributed by atoms with van der Waals surface area (Å²) in [5.74, 6) is 0.812. The predicted molar refractivity (Wildman–Crippen MR) is 88.9 cm³/mol. The highest BCUT2D eigenvalue weighted by Crippen LogP contribution is 2.18. The second-order valence-electron chi connectivity index (χ2n) is 4.77. The quantitative estimate of drug-likeness (QED) is 0.439. The lowest BCUT2D eigenvalue weighted by molar-refractivity contribution is 0.127. The van der Waals surface area contributed by atoms with Crippen molar-refractivity contribution in [3.05, 3.63) is 77.1 Å². The van der Waals surface area contributed by atoms with Crippen LogP contribution in [0.25, 0.3) is 11.5 Å². The molecule has 0 aliphatic carbocycles. The number of nitrogens with two attached hydrogens (primary N) is 1. The number of oxime groups is 1. The third-order valence-electron chi connectivity index (χ3n) is 3.09. The van der Waals surface area contributed by atoms with Gasteiger partial charge >= 0.3 is 0 Å². The van der Waals surface area contributed by atoms with Crippen molar-refractivity contribution in [3.63, 3.8) is 0 Å². The largest absolute Gasteiger partial charge is 0.444 e. The van der Waals surface area contributed by atoms with E-state index in [4.69, 9.17) is 26.6 Å². The number of rotatable bonds is 5. The van der Waals surface area contributed by atoms with Gasteiger partial charge in [-0.2, -0.15) is 0 Å². The maximum atomic E-state index is 5.84. The third kappa shape index (κ3) is 3.90. The average Bonchev–Trinajstić information content (AvgIpc) is 3.05. The Bertz CT molecular complexity index is 798. The topological polar surface area (TPSA) is 73.6 Å². The van der Waals surface area contributed by atoms with Gasteiger partial charge in [-0.3, -0.25) is 0 Å². The fraction of sp³-hybridized carbons (Fsp3) is 0.0588. The zero-order valence-electron chi connectivity index (χ0n) is 12.1. The van der Waals surface area contributed by atoms with Crippen LogP contribution in [0.1, 0.15) is 11.3 Å². The lowest BCUT2D eigenvalue weighted by atomic mass is 10.2. The van der Waals surface area contributed by atoms with E-state index < -0.39 is 0 Å². The van der Waals surface area contributed by atoms with Crippen molar-refractivity contribution in [2.75, 3.05) is 0 Å². The van der Waals surface area contributed by atoms with Gasteiger partial charge in [0.05, 0.1) is 0 Å². The minimum atomic E-state index is 0.171. The lowest BCUT2D eigenvalue weighted by Crippen LogP contribution is -2.13. The molecule has 0 saturated carbocycles. The standard InChI is InChI=1S/C17H14ClN3O2/c18-14-8-6-12(7-9-14)16(19)21-23-11-15-10-22-17(20-15)13-4-2-1-3-5-13/h1-10H,11H2,(H2,19,21). The van der Waals surface area contributed by atoms with Crippen molar-refractivity contribution in [3.8, 4) is 11.5 Å². The van der Waals surface area contributed by atoms with Gasteiger partial charge in [-0.05, 0) is 36.4 Å². The highest BCUT2D eigenvalue weighted by atomic mass is 35.5. The van der Waals surface area contributed by atoms with E-state index in [1.165, 1.54) is 6.26 Å². The van der Waals surface area contributed by atoms with Gasteiger partial charge in [0.1, 0.15) is 12.0 Å². The molecule has 6 heteroatoms. The zero-order chi connectivity index (χ0) is 16.1. The summed E-state index contributed by atoms with van der Waals surface area (Å²) in [5.41, 5.74) is 8.12. The molecule has 116 valence electrons. The van der Waals surface area contributed by atoms with E-state index >= 15 is 0 Å². The molecule has 3 aromatic rings. The van der Waals surface area contributed by atoms with Crippen LogP contribution in [-0.2, 0) is 11.4 Å². The molecule has 0 radical (unpaired) electrons. The predicted octanol–water partition coefficient (Wildman–Crippen LogP) is 3.83. The molecule has 0 aliphatic heterocycles. The third-order valence-corrected chi connectivity index (χ3v) is 3.34. The first-order chi connectivity index (χ1) is 11.2. The molecule has 2 aromatic carbocycles. The summed E-state index contributed by atoms with van der Waals surface area (Å²) in [5, 5.41) is 4.51. The van der Waals surface area contributed by atoms with Crippen molar-refractivity contribution >= 4 is 17.4 Å². The number of benzene rings is 2. The molecule has 5 nitrogen and oxygen atoms in total. The van der Waals surface area contributed by atoms with E-state index in [0.29, 0.717) is 16.6 Å². The highest BCUT2D eigenvalue weighted by molar-refractivity contribution is 6.30. The van der Waals surface area contributed by atoms with Gasteiger partial charge in [0.25, 0.3) is 0 Å². The van der Waals surface area contributed by atoms with Crippen LogP contribution in [0.15, 0.2) is 70.4 Å². The SMILES string of the molecule is NC(=NOCc1coc(-c2ccccc2)n1)c1ccc(Cl)cc1. The van der Waals surface area contributed by atoms with Crippen molar-refractivity contribution < 1.29 is 9.25 Å². The van der Waals surface area contributed by atoms with Crippen LogP contribution in [-0.4, -0.2) is 10.8 Å². The summed E-state index contributed by atoms with van der Waals surface area (Å²) in [6.07, 6.45) is 1.54. The summed E-state index contributed by atoms with van der Waals surface area (Å²) in [7, 11) is 0. The van der Waals surface area contributed by atoms with E-state index in [2.05, 4.69) is 10.1 Å². The molecule has 0 fully saturated rings. The first-order valence-electron chi connectivity index (χ1n) is 6.93. The van der Waals surface area contributed by atoms with Crippen LogP contribution in [0.4, 0.5) is 0 Å². The number of halogens is 1. The van der Waals surface area contributed by atoms with Crippen LogP contribution in [0, 0.1) is 0 Å². The summed E-state index contributed by atoms with van der Waals surface area (Å²) < 4.78 is 5.42. The molecule has 0 unspecified atom stereocenters. The minimum Gasteiger partial charge on any atom is -0.444 e. The maximum Gasteiger partial charge on any atom is 0.226 e. The van der Waals surface area contributed by atoms with E-state index in [1.807, 2.05) is 30.3 Å². The Labute approximate surface area is 138 Å². The summed E-state index contributed by atoms with van der Waals surface area (Å²) in [6, 6.07) is 16.7. The normalized spacial score (nSPS) is 11.4. The molecule has 0 bridgehead atoms. The molecule has 0 atom stereocenters. The van der Waals surface area contributed by atoms with Crippen LogP contribution in [0.3, 0.4) is 0 Å². The number of oxazole rings is 1. The van der Waals surface area contributed by atoms with Gasteiger partial charge in [-0.15, -0.1) is 0 Å². The molecule has 1 heterocycles. The Hall–Kier alpha value is -2.79. The monoisotopic (exact) mass is 327 g/mol. The van der Waals surface area contributed by atoms with Crippen LogP contribution < -0.4 is 5.73 Å². The Morgan fingerprint density at radius 1 is 1.13 bits per heavy atom. The van der Waals surface area contributed by atoms with Gasteiger partial charge in [0.2, 0.25) is 5.89 Å². The number of hydrogen-bond acceptors (Lipinski definition) is 4. The lowest BCUT2D eigenvalue weighted by Gasteiger charge is -2.01. The molecule has 1 aromatic heterocycles. The number of nitrogens with zero attached hydrogens (tertiary/aromatic N) is 2. The highest BCUT2D eigenvalue weighted by Gasteiger charge is 2.06. The Kier molecular flexibility index (Phi) is 4.59. The van der Waals surface area contributed by atoms with Crippen LogP contribution >= 0.6 is 11.6 Å². The van der Waals surface area contributed by atoms with E-state index in [1.54, 1.807) is 24.3 Å². The Morgan fingerprint density at radius 3 is 2.61 bits per heavy atom. The van der Waals surface area contributed by atoms with Crippen molar-refractivity contribution in [2.45, 2.75) is 6.61 Å². The van der Waals surface area contributed by atoms with Crippen molar-refractivity contribution in [2.24, 2.45) is 10.9 Å². The summed E-state index contributed by atoms with van der Waals surface area (Å²) in [4.78, 5) is 9.57. The number of aromatic nitrogens is 1. The van der Waals surface area contributed by atoms with Crippen molar-refractivity contribution in [1.29, 1.82) is 0 Å². The number of hydrogen-bond donors (Lipinski definition) is 1. The molecule has 23 heavy (non-hydrogen) atoms. The molecular weight excluding hydrogens is 314 g/mol. The molecule has 3 rings (SSSR count). The Balaban J connectivity index is 1.61. The second-order valence-corrected chi connectivity index (χ2v) is 5.20. The molecular formula is C17H14ClN3O2. The minimum absolute atomic E-state index is 0.171. The fourth-order valence-corrected chi connectivity index (χ4v) is 2.05. The van der Waals surface area contributed by atoms with E-state index in [-0.39, 0.29) is 12.4 Å². The van der Waals surface area contributed by atoms with Gasteiger partial charge in [0, 0.05) is 16.1 Å². The smallest absolute Gasteiger partial charge is 0.226 e. The van der Waals surface area contributed by atoms with Gasteiger partial charge in [0.15, 0.2) is 12.4 Å². The average molecular weight is 328 g/mol. The second kappa shape index (κ2) is 6.98. The molecule has 0 saturated heterocycles. The first kappa shape index (κ1) is 15.1. The van der Waals surface area contributed by atoms with Crippen LogP contribution in [0.2, 0.25) is 5.02 Å². The molecule has 0 spiro atoms. The fourth-order valence-electron chi connectivity index (χ4n) is 1.93. The molecule has 2 N–H and O–H groups in total. The Morgan fingerprint density at radius 2 is 1.87 bits per heavy atom. The van der Waals surface area contributed by atoms with Gasteiger partial charge < -0.3 is 15.0 Å². The van der Waals surface area contributed by atoms with E-state index in [9.17, 15) is 0 Å². The number of amidine groups is 1. The van der Waals surface area contributed by atoms with Crippen molar-refractivity contribution in [1.82, 2.24) is 4.98 Å². The summed E-state index contributed by atoms with van der Waals surface area (Å²) >= 11 is 5.82. The maximum absolute atomic E-state index is 5.84. The summed E-state index contributed by atoms with van der Waals surface area (Å²) in [6.45, 7) is 0.171. The van der Waals surface area contributed by atoms with Crippen LogP contribution in [0.5, 0.6) is 0 Å². The first-order valence-corrected chi connectivity index (χ1v) is 7.31. The van der Waals surface area contributed by atoms with Gasteiger partial charge in [-0.25, -0.2) is 4.98 Å². The van der Waals surface area contributed by atoms with Gasteiger partial charge in [-0.1, -0.05) is 35.0 Å². The molecule has 0 amide bonds. The molecule has 0 aliphatic rings.